The van der Waals surface area contributed by atoms with E-state index >= 15 is 0 Å². The van der Waals surface area contributed by atoms with Crippen LogP contribution in [0, 0.1) is 11.7 Å². The Bertz CT molecular complexity index is 502. The third-order valence-electron chi connectivity index (χ3n) is 4.43. The summed E-state index contributed by atoms with van der Waals surface area (Å²) >= 11 is 0. The lowest BCUT2D eigenvalue weighted by Crippen LogP contribution is -2.49. The van der Waals surface area contributed by atoms with E-state index < -0.39 is 11.7 Å². The summed E-state index contributed by atoms with van der Waals surface area (Å²) in [7, 11) is 0. The number of hydrogen-bond donors (Lipinski definition) is 1. The smallest absolute Gasteiger partial charge is 0.128 e. The zero-order valence-electron chi connectivity index (χ0n) is 11.9. The quantitative estimate of drug-likeness (QED) is 0.858. The number of aliphatic hydroxyl groups is 1. The highest BCUT2D eigenvalue weighted by atomic mass is 19.1. The molecule has 2 heterocycles. The number of ether oxygens (including phenoxy) is 2. The first-order chi connectivity index (χ1) is 9.49. The molecule has 4 heteroatoms. The van der Waals surface area contributed by atoms with Crippen LogP contribution in [0.25, 0.3) is 0 Å². The predicted octanol–water partition coefficient (Wildman–Crippen LogP) is 3.22. The molecule has 2 aliphatic rings. The van der Waals surface area contributed by atoms with Crippen molar-refractivity contribution in [3.05, 3.63) is 29.6 Å². The number of fused-ring (bicyclic) bond motifs is 1. The zero-order chi connectivity index (χ0) is 14.3. The molecule has 1 N–H and O–H groups in total. The average Bonchev–Trinajstić information content (AvgIpc) is 2.37. The number of aliphatic hydroxyl groups excluding tert-OH is 1. The lowest BCUT2D eigenvalue weighted by atomic mass is 9.79. The molecule has 3 unspecified atom stereocenters. The first kappa shape index (κ1) is 13.8. The molecule has 0 aliphatic carbocycles. The van der Waals surface area contributed by atoms with Crippen molar-refractivity contribution in [2.75, 3.05) is 6.61 Å². The van der Waals surface area contributed by atoms with Crippen LogP contribution in [0.2, 0.25) is 0 Å². The number of rotatable bonds is 1. The molecule has 0 radical (unpaired) electrons. The summed E-state index contributed by atoms with van der Waals surface area (Å²) in [5.74, 6) is 0.551. The standard InChI is InChI=1S/C16H21FO3/c1-10(2)15-9-16(5-6-19-15)8-13(18)12-4-3-11(17)7-14(12)20-16/h3-4,7,10,13,15,18H,5-6,8-9H2,1-2H3. The molecule has 3 atom stereocenters. The molecular weight excluding hydrogens is 259 g/mol. The molecule has 1 fully saturated rings. The molecule has 1 aromatic rings. The second-order valence-electron chi connectivity index (χ2n) is 6.29. The van der Waals surface area contributed by atoms with Gasteiger partial charge in [0.25, 0.3) is 0 Å². The van der Waals surface area contributed by atoms with Crippen molar-refractivity contribution in [2.24, 2.45) is 5.92 Å². The van der Waals surface area contributed by atoms with Gasteiger partial charge in [-0.15, -0.1) is 0 Å². The second kappa shape index (κ2) is 5.01. The van der Waals surface area contributed by atoms with E-state index in [2.05, 4.69) is 13.8 Å². The molecule has 0 amide bonds. The van der Waals surface area contributed by atoms with Crippen molar-refractivity contribution in [3.8, 4) is 5.75 Å². The Hall–Kier alpha value is -1.13. The molecule has 110 valence electrons. The van der Waals surface area contributed by atoms with Crippen molar-refractivity contribution in [1.29, 1.82) is 0 Å². The highest BCUT2D eigenvalue weighted by Gasteiger charge is 2.45. The Morgan fingerprint density at radius 1 is 1.35 bits per heavy atom. The first-order valence-electron chi connectivity index (χ1n) is 7.27. The van der Waals surface area contributed by atoms with Gasteiger partial charge in [0.2, 0.25) is 0 Å². The van der Waals surface area contributed by atoms with E-state index in [-0.39, 0.29) is 11.9 Å². The monoisotopic (exact) mass is 280 g/mol. The van der Waals surface area contributed by atoms with Gasteiger partial charge in [-0.25, -0.2) is 4.39 Å². The summed E-state index contributed by atoms with van der Waals surface area (Å²) in [4.78, 5) is 0. The van der Waals surface area contributed by atoms with Crippen molar-refractivity contribution >= 4 is 0 Å². The molecular formula is C16H21FO3. The van der Waals surface area contributed by atoms with Gasteiger partial charge < -0.3 is 14.6 Å². The molecule has 1 aromatic carbocycles. The van der Waals surface area contributed by atoms with Gasteiger partial charge in [-0.1, -0.05) is 13.8 Å². The fraction of sp³-hybridized carbons (Fsp3) is 0.625. The summed E-state index contributed by atoms with van der Waals surface area (Å²) in [6.45, 7) is 4.87. The molecule has 0 saturated carbocycles. The lowest BCUT2D eigenvalue weighted by molar-refractivity contribution is -0.127. The van der Waals surface area contributed by atoms with Crippen molar-refractivity contribution < 1.29 is 19.0 Å². The van der Waals surface area contributed by atoms with Crippen LogP contribution in [-0.2, 0) is 4.74 Å². The largest absolute Gasteiger partial charge is 0.486 e. The first-order valence-corrected chi connectivity index (χ1v) is 7.27. The van der Waals surface area contributed by atoms with Crippen molar-refractivity contribution in [1.82, 2.24) is 0 Å². The van der Waals surface area contributed by atoms with E-state index in [0.717, 1.165) is 12.8 Å². The van der Waals surface area contributed by atoms with E-state index in [0.29, 0.717) is 30.3 Å². The Morgan fingerprint density at radius 2 is 2.15 bits per heavy atom. The Kier molecular flexibility index (Phi) is 3.46. The van der Waals surface area contributed by atoms with Crippen LogP contribution in [0.15, 0.2) is 18.2 Å². The maximum Gasteiger partial charge on any atom is 0.128 e. The van der Waals surface area contributed by atoms with Crippen molar-refractivity contribution in [3.63, 3.8) is 0 Å². The summed E-state index contributed by atoms with van der Waals surface area (Å²) in [5, 5.41) is 10.4. The third-order valence-corrected chi connectivity index (χ3v) is 4.43. The minimum Gasteiger partial charge on any atom is -0.486 e. The Labute approximate surface area is 118 Å². The van der Waals surface area contributed by atoms with Gasteiger partial charge in [-0.05, 0) is 18.1 Å². The molecule has 1 spiro atoms. The summed E-state index contributed by atoms with van der Waals surface area (Å²) < 4.78 is 25.3. The molecule has 0 bridgehead atoms. The van der Waals surface area contributed by atoms with Crippen molar-refractivity contribution in [2.45, 2.75) is 50.9 Å². The van der Waals surface area contributed by atoms with E-state index in [1.54, 1.807) is 6.07 Å². The topological polar surface area (TPSA) is 38.7 Å². The van der Waals surface area contributed by atoms with Crippen LogP contribution in [0.4, 0.5) is 4.39 Å². The fourth-order valence-corrected chi connectivity index (χ4v) is 3.24. The Balaban J connectivity index is 1.89. The van der Waals surface area contributed by atoms with Gasteiger partial charge in [0.1, 0.15) is 17.2 Å². The lowest BCUT2D eigenvalue weighted by Gasteiger charge is -2.46. The maximum absolute atomic E-state index is 13.4. The van der Waals surface area contributed by atoms with Gasteiger partial charge in [0.05, 0.1) is 18.8 Å². The third kappa shape index (κ3) is 2.42. The highest BCUT2D eigenvalue weighted by molar-refractivity contribution is 5.38. The van der Waals surface area contributed by atoms with Gasteiger partial charge in [-0.3, -0.25) is 0 Å². The summed E-state index contributed by atoms with van der Waals surface area (Å²) in [5.41, 5.74) is 0.262. The van der Waals surface area contributed by atoms with E-state index in [1.165, 1.54) is 12.1 Å². The van der Waals surface area contributed by atoms with Crippen LogP contribution in [0.1, 0.15) is 44.8 Å². The molecule has 20 heavy (non-hydrogen) atoms. The van der Waals surface area contributed by atoms with E-state index in [1.807, 2.05) is 0 Å². The maximum atomic E-state index is 13.4. The zero-order valence-corrected chi connectivity index (χ0v) is 11.9. The van der Waals surface area contributed by atoms with E-state index in [9.17, 15) is 9.50 Å². The van der Waals surface area contributed by atoms with Crippen LogP contribution in [0.5, 0.6) is 5.75 Å². The molecule has 3 nitrogen and oxygen atoms in total. The molecule has 0 aromatic heterocycles. The van der Waals surface area contributed by atoms with Gasteiger partial charge >= 0.3 is 0 Å². The number of hydrogen-bond acceptors (Lipinski definition) is 3. The van der Waals surface area contributed by atoms with Gasteiger partial charge in [-0.2, -0.15) is 0 Å². The normalized spacial score (nSPS) is 33.0. The second-order valence-corrected chi connectivity index (χ2v) is 6.29. The van der Waals surface area contributed by atoms with Gasteiger partial charge in [0.15, 0.2) is 0 Å². The summed E-state index contributed by atoms with van der Waals surface area (Å²) in [6.07, 6.45) is 1.58. The molecule has 2 aliphatic heterocycles. The van der Waals surface area contributed by atoms with Crippen LogP contribution < -0.4 is 4.74 Å². The van der Waals surface area contributed by atoms with Gasteiger partial charge in [0, 0.05) is 30.9 Å². The highest BCUT2D eigenvalue weighted by Crippen LogP contribution is 2.45. The van der Waals surface area contributed by atoms with E-state index in [4.69, 9.17) is 9.47 Å². The number of benzene rings is 1. The minimum atomic E-state index is -0.592. The fourth-order valence-electron chi connectivity index (χ4n) is 3.24. The SMILES string of the molecule is CC(C)C1CC2(CCO1)CC(O)c1ccc(F)cc1O2. The van der Waals surface area contributed by atoms with Crippen LogP contribution >= 0.6 is 0 Å². The average molecular weight is 280 g/mol. The Morgan fingerprint density at radius 3 is 2.90 bits per heavy atom. The van der Waals surface area contributed by atoms with Crippen LogP contribution in [0.3, 0.4) is 0 Å². The van der Waals surface area contributed by atoms with Crippen LogP contribution in [-0.4, -0.2) is 23.4 Å². The number of halogens is 1. The summed E-state index contributed by atoms with van der Waals surface area (Å²) in [6, 6.07) is 4.35. The predicted molar refractivity (Wildman–Crippen MR) is 73.1 cm³/mol. The molecule has 3 rings (SSSR count). The minimum absolute atomic E-state index is 0.131. The molecule has 1 saturated heterocycles.